The van der Waals surface area contributed by atoms with Crippen molar-refractivity contribution in [2.24, 2.45) is 15.6 Å². The highest BCUT2D eigenvalue weighted by molar-refractivity contribution is 7.49. The molecule has 0 aliphatic carbocycles. The van der Waals surface area contributed by atoms with Crippen LogP contribution < -0.4 is 5.73 Å². The summed E-state index contributed by atoms with van der Waals surface area (Å²) in [7, 11) is -1.98. The fourth-order valence-corrected chi connectivity index (χ4v) is 0.708. The van der Waals surface area contributed by atoms with Crippen molar-refractivity contribution in [2.75, 3.05) is 13.2 Å². The molecule has 0 saturated heterocycles. The number of hydrogen-bond acceptors (Lipinski definition) is 6. The number of nitrogens with two attached hydrogens (primary N) is 1. The third-order valence-corrected chi connectivity index (χ3v) is 1.39. The van der Waals surface area contributed by atoms with E-state index in [0.29, 0.717) is 13.0 Å². The van der Waals surface area contributed by atoms with Crippen molar-refractivity contribution in [3.8, 4) is 0 Å². The maximum Gasteiger partial charge on any atom is 0.374 e. The molecule has 0 rings (SSSR count). The van der Waals surface area contributed by atoms with Crippen molar-refractivity contribution in [3.63, 3.8) is 0 Å². The van der Waals surface area contributed by atoms with Gasteiger partial charge in [0.25, 0.3) is 0 Å². The van der Waals surface area contributed by atoms with Gasteiger partial charge in [-0.3, -0.25) is 0 Å². The molecule has 0 atom stereocenters. The van der Waals surface area contributed by atoms with E-state index in [-0.39, 0.29) is 6.61 Å². The van der Waals surface area contributed by atoms with Gasteiger partial charge in [0.1, 0.15) is 0 Å². The summed E-state index contributed by atoms with van der Waals surface area (Å²) >= 11 is 0. The zero-order chi connectivity index (χ0) is 7.82. The van der Waals surface area contributed by atoms with Crippen molar-refractivity contribution in [1.29, 1.82) is 0 Å². The molecule has 6 nitrogen and oxygen atoms in total. The lowest BCUT2D eigenvalue weighted by atomic mass is 10.5. The Labute approximate surface area is 59.0 Å². The quantitative estimate of drug-likeness (QED) is 0.362. The van der Waals surface area contributed by atoms with Crippen LogP contribution >= 0.6 is 8.45 Å². The van der Waals surface area contributed by atoms with Gasteiger partial charge in [0.2, 0.25) is 0 Å². The summed E-state index contributed by atoms with van der Waals surface area (Å²) in [5, 5.41) is 0. The van der Waals surface area contributed by atoms with Crippen LogP contribution in [0.3, 0.4) is 0 Å². The van der Waals surface area contributed by atoms with E-state index in [9.17, 15) is 9.81 Å². The summed E-state index contributed by atoms with van der Waals surface area (Å²) in [6.45, 7) is 0.723. The molecule has 0 heterocycles. The van der Waals surface area contributed by atoms with Gasteiger partial charge in [0.05, 0.1) is 6.61 Å². The minimum atomic E-state index is -1.98. The molecule has 0 aliphatic rings. The molecule has 0 aliphatic heterocycles. The molecule has 0 amide bonds. The van der Waals surface area contributed by atoms with Crippen molar-refractivity contribution in [1.82, 2.24) is 0 Å². The smallest absolute Gasteiger partial charge is 0.330 e. The van der Waals surface area contributed by atoms with E-state index >= 15 is 0 Å². The van der Waals surface area contributed by atoms with Crippen molar-refractivity contribution >= 4 is 8.45 Å². The Balaban J connectivity index is 3.25. The van der Waals surface area contributed by atoms with Crippen molar-refractivity contribution in [3.05, 3.63) is 9.81 Å². The monoisotopic (exact) mass is 165 g/mol. The molecule has 7 heteroatoms. The average Bonchev–Trinajstić information content (AvgIpc) is 1.99. The van der Waals surface area contributed by atoms with Crippen LogP contribution in [-0.2, 0) is 4.52 Å². The summed E-state index contributed by atoms with van der Waals surface area (Å²) in [4.78, 5) is 24.0. The van der Waals surface area contributed by atoms with Gasteiger partial charge >= 0.3 is 8.45 Å². The number of nitrogens with zero attached hydrogens (tertiary/aromatic N) is 2. The summed E-state index contributed by atoms with van der Waals surface area (Å²) in [6, 6.07) is 0. The molecule has 0 bridgehead atoms. The van der Waals surface area contributed by atoms with Crippen LogP contribution in [0.15, 0.2) is 9.89 Å². The van der Waals surface area contributed by atoms with Gasteiger partial charge in [-0.15, -0.1) is 9.81 Å². The molecule has 0 spiro atoms. The Bertz CT molecular complexity index is 103. The van der Waals surface area contributed by atoms with Crippen LogP contribution in [0.4, 0.5) is 0 Å². The molecule has 0 aromatic heterocycles. The van der Waals surface area contributed by atoms with Crippen LogP contribution in [0.2, 0.25) is 0 Å². The number of rotatable bonds is 6. The van der Waals surface area contributed by atoms with Crippen molar-refractivity contribution in [2.45, 2.75) is 6.42 Å². The summed E-state index contributed by atoms with van der Waals surface area (Å²) in [6.07, 6.45) is 0.601. The van der Waals surface area contributed by atoms with Gasteiger partial charge in [-0.05, 0) is 13.0 Å². The van der Waals surface area contributed by atoms with Crippen molar-refractivity contribution < 1.29 is 4.52 Å². The molecular formula is C3H8N3O3P. The van der Waals surface area contributed by atoms with E-state index in [4.69, 9.17) is 5.73 Å². The number of nitroso groups, excluding NO2 is 2. The lowest BCUT2D eigenvalue weighted by Gasteiger charge is -1.98. The van der Waals surface area contributed by atoms with Crippen LogP contribution in [0.1, 0.15) is 6.42 Å². The molecule has 0 aromatic rings. The highest BCUT2D eigenvalue weighted by atomic mass is 31.2. The minimum Gasteiger partial charge on any atom is -0.330 e. The van der Waals surface area contributed by atoms with E-state index in [2.05, 4.69) is 14.4 Å². The second-order valence-electron chi connectivity index (χ2n) is 1.39. The first kappa shape index (κ1) is 9.55. The third kappa shape index (κ3) is 4.43. The topological polar surface area (TPSA) is 94.1 Å². The maximum absolute atomic E-state index is 9.66. The summed E-state index contributed by atoms with van der Waals surface area (Å²) in [5.41, 5.74) is 5.11. The second-order valence-corrected chi connectivity index (χ2v) is 2.48. The zero-order valence-electron chi connectivity index (χ0n) is 5.27. The van der Waals surface area contributed by atoms with Crippen LogP contribution in [0, 0.1) is 9.81 Å². The Hall–Kier alpha value is -0.450. The second kappa shape index (κ2) is 6.67. The molecule has 0 saturated carbocycles. The van der Waals surface area contributed by atoms with E-state index in [0.717, 1.165) is 0 Å². The van der Waals surface area contributed by atoms with Gasteiger partial charge in [0, 0.05) is 9.89 Å². The van der Waals surface area contributed by atoms with Gasteiger partial charge in [-0.25, -0.2) is 0 Å². The first-order valence-electron chi connectivity index (χ1n) is 2.64. The summed E-state index contributed by atoms with van der Waals surface area (Å²) < 4.78 is 4.61. The average molecular weight is 165 g/mol. The molecule has 10 heavy (non-hydrogen) atoms. The fraction of sp³-hybridized carbons (Fsp3) is 1.00. The van der Waals surface area contributed by atoms with E-state index < -0.39 is 8.45 Å². The highest BCUT2D eigenvalue weighted by Gasteiger charge is 2.08. The molecule has 0 fully saturated rings. The van der Waals surface area contributed by atoms with Gasteiger partial charge < -0.3 is 10.3 Å². The Morgan fingerprint density at radius 2 is 2.00 bits per heavy atom. The molecule has 0 aromatic carbocycles. The largest absolute Gasteiger partial charge is 0.374 e. The highest BCUT2D eigenvalue weighted by Crippen LogP contribution is 2.38. The molecular weight excluding hydrogens is 157 g/mol. The zero-order valence-corrected chi connectivity index (χ0v) is 6.16. The van der Waals surface area contributed by atoms with Gasteiger partial charge in [0.15, 0.2) is 0 Å². The lowest BCUT2D eigenvalue weighted by molar-refractivity contribution is 0.347. The third-order valence-electron chi connectivity index (χ3n) is 0.695. The Morgan fingerprint density at radius 1 is 1.40 bits per heavy atom. The normalized spacial score (nSPS) is 9.80. The van der Waals surface area contributed by atoms with Crippen LogP contribution in [0.25, 0.3) is 0 Å². The Kier molecular flexibility index (Phi) is 6.37. The standard InChI is InChI=1S/C3H8N3O3P/c4-2-1-3-9-10(5-7)6-8/h1-4H2. The maximum atomic E-state index is 9.66. The van der Waals surface area contributed by atoms with Gasteiger partial charge in [-0.1, -0.05) is 0 Å². The first-order valence-corrected chi connectivity index (χ1v) is 3.81. The lowest BCUT2D eigenvalue weighted by Crippen LogP contribution is -2.01. The molecule has 2 N–H and O–H groups in total. The Morgan fingerprint density at radius 3 is 2.40 bits per heavy atom. The predicted octanol–water partition coefficient (Wildman–Crippen LogP) is 1.11. The van der Waals surface area contributed by atoms with Crippen LogP contribution in [-0.4, -0.2) is 13.2 Å². The van der Waals surface area contributed by atoms with Crippen LogP contribution in [0.5, 0.6) is 0 Å². The van der Waals surface area contributed by atoms with E-state index in [1.54, 1.807) is 0 Å². The first-order chi connectivity index (χ1) is 4.85. The number of hydrogen-bond donors (Lipinski definition) is 1. The molecule has 0 radical (unpaired) electrons. The predicted molar refractivity (Wildman–Crippen MR) is 38.1 cm³/mol. The SMILES string of the molecule is NCCCOP(N=O)N=O. The van der Waals surface area contributed by atoms with E-state index in [1.165, 1.54) is 0 Å². The van der Waals surface area contributed by atoms with E-state index in [1.807, 2.05) is 0 Å². The molecule has 58 valence electrons. The summed E-state index contributed by atoms with van der Waals surface area (Å²) in [5.74, 6) is 0. The van der Waals surface area contributed by atoms with Gasteiger partial charge in [-0.2, -0.15) is 0 Å². The fourth-order valence-electron chi connectivity index (χ4n) is 0.292. The molecule has 0 unspecified atom stereocenters. The minimum absolute atomic E-state index is 0.264.